The van der Waals surface area contributed by atoms with Crippen molar-refractivity contribution in [2.75, 3.05) is 26.2 Å². The zero-order valence-electron chi connectivity index (χ0n) is 16.8. The molecule has 1 atom stereocenters. The van der Waals surface area contributed by atoms with E-state index in [2.05, 4.69) is 24.0 Å². The predicted molar refractivity (Wildman–Crippen MR) is 110 cm³/mol. The number of H-pyrrole nitrogens is 1. The highest BCUT2D eigenvalue weighted by Gasteiger charge is 2.28. The molecule has 2 aliphatic heterocycles. The normalized spacial score (nSPS) is 19.5. The molecule has 2 fully saturated rings. The first-order valence-corrected chi connectivity index (χ1v) is 10.3. The van der Waals surface area contributed by atoms with Crippen molar-refractivity contribution in [3.63, 3.8) is 0 Å². The van der Waals surface area contributed by atoms with Crippen molar-refractivity contribution >= 4 is 16.9 Å². The van der Waals surface area contributed by atoms with Gasteiger partial charge >= 0.3 is 6.03 Å². The molecule has 2 aromatic rings. The lowest BCUT2D eigenvalue weighted by Crippen LogP contribution is -2.45. The highest BCUT2D eigenvalue weighted by atomic mass is 16.5. The van der Waals surface area contributed by atoms with Crippen LogP contribution < -0.4 is 5.56 Å². The summed E-state index contributed by atoms with van der Waals surface area (Å²) in [6.45, 7) is 7.27. The number of rotatable bonds is 4. The number of aryl methyl sites for hydroxylation is 2. The highest BCUT2D eigenvalue weighted by molar-refractivity contribution is 5.83. The second-order valence-electron chi connectivity index (χ2n) is 8.16. The Hall–Kier alpha value is -2.34. The fourth-order valence-corrected chi connectivity index (χ4v) is 4.41. The maximum absolute atomic E-state index is 13.1. The molecular formula is C22H29N3O3. The number of hydrogen-bond acceptors (Lipinski definition) is 3. The SMILES string of the molecule is Cc1cc(C)c2[nH]c(=O)c(CN(CC3CCCO3)C(=O)N3CCCC3)cc2c1. The number of aromatic amines is 1. The third kappa shape index (κ3) is 3.92. The zero-order valence-corrected chi connectivity index (χ0v) is 16.8. The molecule has 2 aliphatic rings. The average Bonchev–Trinajstić information content (AvgIpc) is 3.35. The van der Waals surface area contributed by atoms with Crippen LogP contribution in [0, 0.1) is 13.8 Å². The molecule has 0 radical (unpaired) electrons. The number of likely N-dealkylation sites (tertiary alicyclic amines) is 1. The fourth-order valence-electron chi connectivity index (χ4n) is 4.41. The summed E-state index contributed by atoms with van der Waals surface area (Å²) in [7, 11) is 0. The van der Waals surface area contributed by atoms with Crippen molar-refractivity contribution in [3.05, 3.63) is 45.2 Å². The lowest BCUT2D eigenvalue weighted by Gasteiger charge is -2.29. The molecule has 0 spiro atoms. The van der Waals surface area contributed by atoms with E-state index >= 15 is 0 Å². The molecule has 2 saturated heterocycles. The van der Waals surface area contributed by atoms with Gasteiger partial charge in [-0.1, -0.05) is 11.6 Å². The Morgan fingerprint density at radius 2 is 2.00 bits per heavy atom. The number of urea groups is 1. The maximum atomic E-state index is 13.1. The fraction of sp³-hybridized carbons (Fsp3) is 0.545. The van der Waals surface area contributed by atoms with Crippen LogP contribution in [0.5, 0.6) is 0 Å². The molecule has 0 saturated carbocycles. The third-order valence-corrected chi connectivity index (χ3v) is 5.83. The first kappa shape index (κ1) is 19.0. The molecule has 1 aromatic heterocycles. The Balaban J connectivity index is 1.64. The Morgan fingerprint density at radius 1 is 1.21 bits per heavy atom. The molecule has 6 nitrogen and oxygen atoms in total. The van der Waals surface area contributed by atoms with Crippen LogP contribution in [-0.4, -0.2) is 53.2 Å². The smallest absolute Gasteiger partial charge is 0.320 e. The van der Waals surface area contributed by atoms with Gasteiger partial charge in [0.2, 0.25) is 0 Å². The van der Waals surface area contributed by atoms with Gasteiger partial charge in [-0.05, 0) is 62.6 Å². The maximum Gasteiger partial charge on any atom is 0.320 e. The van der Waals surface area contributed by atoms with Crippen LogP contribution in [0.4, 0.5) is 4.79 Å². The molecule has 1 unspecified atom stereocenters. The van der Waals surface area contributed by atoms with Gasteiger partial charge in [0.25, 0.3) is 5.56 Å². The van der Waals surface area contributed by atoms with Gasteiger partial charge in [0, 0.05) is 31.8 Å². The number of pyridine rings is 1. The molecule has 4 rings (SSSR count). The van der Waals surface area contributed by atoms with Crippen LogP contribution >= 0.6 is 0 Å². The van der Waals surface area contributed by atoms with Gasteiger partial charge in [0.05, 0.1) is 18.2 Å². The largest absolute Gasteiger partial charge is 0.376 e. The number of nitrogens with zero attached hydrogens (tertiary/aromatic N) is 2. The van der Waals surface area contributed by atoms with Gasteiger partial charge in [-0.2, -0.15) is 0 Å². The van der Waals surface area contributed by atoms with Crippen LogP contribution in [0.1, 0.15) is 42.4 Å². The van der Waals surface area contributed by atoms with E-state index in [0.29, 0.717) is 18.7 Å². The van der Waals surface area contributed by atoms with Gasteiger partial charge in [-0.25, -0.2) is 4.79 Å². The molecule has 0 bridgehead atoms. The van der Waals surface area contributed by atoms with Crippen molar-refractivity contribution in [1.82, 2.24) is 14.8 Å². The van der Waals surface area contributed by atoms with Crippen LogP contribution in [-0.2, 0) is 11.3 Å². The number of fused-ring (bicyclic) bond motifs is 1. The van der Waals surface area contributed by atoms with E-state index in [1.807, 2.05) is 17.9 Å². The number of aromatic nitrogens is 1. The standard InChI is InChI=1S/C22H29N3O3/c1-15-10-16(2)20-17(11-15)12-18(21(26)23-20)13-25(14-19-6-5-9-28-19)22(27)24-7-3-4-8-24/h10-12,19H,3-9,13-14H2,1-2H3,(H,23,26). The lowest BCUT2D eigenvalue weighted by atomic mass is 10.1. The summed E-state index contributed by atoms with van der Waals surface area (Å²) in [5, 5.41) is 1.01. The summed E-state index contributed by atoms with van der Waals surface area (Å²) >= 11 is 0. The van der Waals surface area contributed by atoms with E-state index in [0.717, 1.165) is 67.4 Å². The summed E-state index contributed by atoms with van der Waals surface area (Å²) in [4.78, 5) is 32.6. The second-order valence-corrected chi connectivity index (χ2v) is 8.16. The highest BCUT2D eigenvalue weighted by Crippen LogP contribution is 2.21. The van der Waals surface area contributed by atoms with Gasteiger partial charge in [-0.15, -0.1) is 0 Å². The number of ether oxygens (including phenoxy) is 1. The number of carbonyl (C=O) groups is 1. The Bertz CT molecular complexity index is 925. The summed E-state index contributed by atoms with van der Waals surface area (Å²) < 4.78 is 5.77. The number of benzene rings is 1. The van der Waals surface area contributed by atoms with Crippen LogP contribution in [0.25, 0.3) is 10.9 Å². The van der Waals surface area contributed by atoms with Crippen LogP contribution in [0.15, 0.2) is 23.0 Å². The minimum Gasteiger partial charge on any atom is -0.376 e. The van der Waals surface area contributed by atoms with Gasteiger partial charge in [-0.3, -0.25) is 4.79 Å². The van der Waals surface area contributed by atoms with E-state index in [1.54, 1.807) is 4.90 Å². The van der Waals surface area contributed by atoms with Crippen molar-refractivity contribution in [2.24, 2.45) is 0 Å². The molecule has 1 aromatic carbocycles. The van der Waals surface area contributed by atoms with Crippen molar-refractivity contribution in [1.29, 1.82) is 0 Å². The predicted octanol–water partition coefficient (Wildman–Crippen LogP) is 3.34. The molecule has 0 aliphatic carbocycles. The lowest BCUT2D eigenvalue weighted by molar-refractivity contribution is 0.0725. The molecule has 28 heavy (non-hydrogen) atoms. The van der Waals surface area contributed by atoms with Crippen molar-refractivity contribution in [3.8, 4) is 0 Å². The monoisotopic (exact) mass is 383 g/mol. The number of carbonyl (C=O) groups excluding carboxylic acids is 1. The molecule has 6 heteroatoms. The molecular weight excluding hydrogens is 354 g/mol. The third-order valence-electron chi connectivity index (χ3n) is 5.83. The quantitative estimate of drug-likeness (QED) is 0.881. The summed E-state index contributed by atoms with van der Waals surface area (Å²) in [6.07, 6.45) is 4.17. The minimum absolute atomic E-state index is 0.0212. The van der Waals surface area contributed by atoms with E-state index in [9.17, 15) is 9.59 Å². The Morgan fingerprint density at radius 3 is 2.71 bits per heavy atom. The summed E-state index contributed by atoms with van der Waals surface area (Å²) in [5.41, 5.74) is 3.60. The van der Waals surface area contributed by atoms with Gasteiger partial charge < -0.3 is 19.5 Å². The first-order valence-electron chi connectivity index (χ1n) is 10.3. The molecule has 3 heterocycles. The van der Waals surface area contributed by atoms with Gasteiger partial charge in [0.15, 0.2) is 0 Å². The first-order chi connectivity index (χ1) is 13.5. The number of hydrogen-bond donors (Lipinski definition) is 1. The van der Waals surface area contributed by atoms with E-state index in [-0.39, 0.29) is 17.7 Å². The molecule has 2 amide bonds. The van der Waals surface area contributed by atoms with E-state index < -0.39 is 0 Å². The molecule has 150 valence electrons. The van der Waals surface area contributed by atoms with Gasteiger partial charge in [0.1, 0.15) is 0 Å². The number of amides is 2. The van der Waals surface area contributed by atoms with Crippen molar-refractivity contribution < 1.29 is 9.53 Å². The summed E-state index contributed by atoms with van der Waals surface area (Å²) in [6, 6.07) is 6.11. The van der Waals surface area contributed by atoms with Crippen LogP contribution in [0.2, 0.25) is 0 Å². The summed E-state index contributed by atoms with van der Waals surface area (Å²) in [5.74, 6) is 0. The topological polar surface area (TPSA) is 65.6 Å². The Kier molecular flexibility index (Phi) is 5.40. The second kappa shape index (κ2) is 7.95. The Labute approximate surface area is 165 Å². The van der Waals surface area contributed by atoms with E-state index in [1.165, 1.54) is 0 Å². The minimum atomic E-state index is -0.119. The van der Waals surface area contributed by atoms with E-state index in [4.69, 9.17) is 4.74 Å². The zero-order chi connectivity index (χ0) is 19.7. The average molecular weight is 383 g/mol. The van der Waals surface area contributed by atoms with Crippen molar-refractivity contribution in [2.45, 2.75) is 52.2 Å². The molecule has 1 N–H and O–H groups in total. The van der Waals surface area contributed by atoms with Crippen LogP contribution in [0.3, 0.4) is 0 Å². The number of nitrogens with one attached hydrogen (secondary N) is 1.